The third kappa shape index (κ3) is 6.78. The monoisotopic (exact) mass is 503 g/mol. The van der Waals surface area contributed by atoms with Gasteiger partial charge in [0.1, 0.15) is 18.1 Å². The Bertz CT molecular complexity index is 1360. The highest BCUT2D eigenvalue weighted by Gasteiger charge is 2.14. The first-order chi connectivity index (χ1) is 17.9. The molecule has 0 saturated carbocycles. The molecule has 37 heavy (non-hydrogen) atoms. The number of rotatable bonds is 12. The Balaban J connectivity index is 1.32. The molecule has 9 nitrogen and oxygen atoms in total. The minimum absolute atomic E-state index is 0.00865. The van der Waals surface area contributed by atoms with Gasteiger partial charge in [-0.3, -0.25) is 14.3 Å². The van der Waals surface area contributed by atoms with Crippen molar-refractivity contribution in [2.24, 2.45) is 0 Å². The summed E-state index contributed by atoms with van der Waals surface area (Å²) in [5.41, 5.74) is 2.14. The molecule has 2 aromatic carbocycles. The van der Waals surface area contributed by atoms with Crippen molar-refractivity contribution < 1.29 is 28.2 Å². The zero-order valence-corrected chi connectivity index (χ0v) is 21.0. The maximum absolute atomic E-state index is 12.6. The number of ketones is 1. The molecule has 0 aliphatic heterocycles. The number of nitrogens with zero attached hydrogens (tertiary/aromatic N) is 2. The Morgan fingerprint density at radius 2 is 1.70 bits per heavy atom. The highest BCUT2D eigenvalue weighted by atomic mass is 16.5. The summed E-state index contributed by atoms with van der Waals surface area (Å²) in [6.07, 6.45) is 3.32. The average molecular weight is 504 g/mol. The van der Waals surface area contributed by atoms with Crippen LogP contribution in [0.15, 0.2) is 71.4 Å². The lowest BCUT2D eigenvalue weighted by Gasteiger charge is -2.12. The number of nitrogens with one attached hydrogen (secondary N) is 1. The lowest BCUT2D eigenvalue weighted by molar-refractivity contribution is 0.0990. The van der Waals surface area contributed by atoms with Gasteiger partial charge in [0, 0.05) is 11.8 Å². The van der Waals surface area contributed by atoms with Crippen molar-refractivity contribution >= 4 is 17.4 Å². The molecule has 0 saturated heterocycles. The number of hydrogen-bond donors (Lipinski definition) is 1. The molecule has 9 heteroatoms. The molecule has 0 spiro atoms. The van der Waals surface area contributed by atoms with E-state index in [1.54, 1.807) is 53.5 Å². The summed E-state index contributed by atoms with van der Waals surface area (Å²) in [6.45, 7) is 7.11. The van der Waals surface area contributed by atoms with E-state index in [2.05, 4.69) is 10.4 Å². The van der Waals surface area contributed by atoms with Gasteiger partial charge < -0.3 is 23.9 Å². The van der Waals surface area contributed by atoms with Gasteiger partial charge in [-0.25, -0.2) is 0 Å². The maximum atomic E-state index is 12.6. The summed E-state index contributed by atoms with van der Waals surface area (Å²) in [6, 6.07) is 15.9. The van der Waals surface area contributed by atoms with E-state index >= 15 is 0 Å². The minimum Gasteiger partial charge on any atom is -0.490 e. The number of hydrogen-bond acceptors (Lipinski definition) is 7. The average Bonchev–Trinajstić information content (AvgIpc) is 3.54. The van der Waals surface area contributed by atoms with Crippen molar-refractivity contribution in [2.45, 2.75) is 33.9 Å². The second-order valence-corrected chi connectivity index (χ2v) is 8.16. The molecule has 0 aliphatic rings. The van der Waals surface area contributed by atoms with Crippen LogP contribution in [0.25, 0.3) is 0 Å². The van der Waals surface area contributed by atoms with E-state index in [0.717, 1.165) is 5.56 Å². The molecule has 0 bridgehead atoms. The lowest BCUT2D eigenvalue weighted by atomic mass is 10.1. The molecule has 1 amide bonds. The minimum atomic E-state index is -0.392. The molecule has 0 aliphatic carbocycles. The van der Waals surface area contributed by atoms with Crippen molar-refractivity contribution in [3.8, 4) is 17.2 Å². The van der Waals surface area contributed by atoms with E-state index in [-0.39, 0.29) is 18.2 Å². The molecule has 2 aromatic heterocycles. The van der Waals surface area contributed by atoms with Gasteiger partial charge in [0.25, 0.3) is 5.91 Å². The lowest BCUT2D eigenvalue weighted by Crippen LogP contribution is -2.10. The number of aromatic nitrogens is 2. The van der Waals surface area contributed by atoms with Crippen molar-refractivity contribution in [3.63, 3.8) is 0 Å². The first-order valence-corrected chi connectivity index (χ1v) is 12.0. The normalized spacial score (nSPS) is 10.7. The summed E-state index contributed by atoms with van der Waals surface area (Å²) in [5.74, 6) is 2.25. The predicted molar refractivity (Wildman–Crippen MR) is 138 cm³/mol. The van der Waals surface area contributed by atoms with Crippen LogP contribution in [-0.4, -0.2) is 34.7 Å². The zero-order valence-electron chi connectivity index (χ0n) is 21.0. The van der Waals surface area contributed by atoms with E-state index < -0.39 is 5.91 Å². The van der Waals surface area contributed by atoms with Gasteiger partial charge >= 0.3 is 0 Å². The standard InChI is InChI=1S/C28H29N3O6/c1-4-34-25-12-6-20(14-27(25)35-5-2)16-31-17-22(15-29-31)30-28(33)26-13-11-24(37-26)18-36-23-9-7-21(8-10-23)19(3)32/h6-15,17H,4-5,16,18H2,1-3H3,(H,30,33). The number of Topliss-reactive ketones (excluding diaryl/α,β-unsaturated/α-hetero) is 1. The van der Waals surface area contributed by atoms with Gasteiger partial charge in [0.05, 0.1) is 31.6 Å². The molecule has 0 radical (unpaired) electrons. The number of amides is 1. The van der Waals surface area contributed by atoms with Gasteiger partial charge in [0.2, 0.25) is 0 Å². The second-order valence-electron chi connectivity index (χ2n) is 8.16. The van der Waals surface area contributed by atoms with Crippen LogP contribution >= 0.6 is 0 Å². The van der Waals surface area contributed by atoms with Gasteiger partial charge in [-0.2, -0.15) is 5.10 Å². The van der Waals surface area contributed by atoms with Crippen LogP contribution in [0.1, 0.15) is 53.0 Å². The third-order valence-electron chi connectivity index (χ3n) is 5.37. The number of carbonyl (C=O) groups excluding carboxylic acids is 2. The maximum Gasteiger partial charge on any atom is 0.291 e. The molecule has 4 rings (SSSR count). The third-order valence-corrected chi connectivity index (χ3v) is 5.37. The summed E-state index contributed by atoms with van der Waals surface area (Å²) >= 11 is 0. The SMILES string of the molecule is CCOc1ccc(Cn2cc(NC(=O)c3ccc(COc4ccc(C(C)=O)cc4)o3)cn2)cc1OCC. The molecule has 0 fully saturated rings. The van der Waals surface area contributed by atoms with Crippen LogP contribution in [0, 0.1) is 0 Å². The van der Waals surface area contributed by atoms with Gasteiger partial charge in [-0.15, -0.1) is 0 Å². The fraction of sp³-hybridized carbons (Fsp3) is 0.250. The van der Waals surface area contributed by atoms with Crippen LogP contribution in [-0.2, 0) is 13.2 Å². The van der Waals surface area contributed by atoms with Crippen LogP contribution in [0.4, 0.5) is 5.69 Å². The number of anilines is 1. The molecule has 4 aromatic rings. The Morgan fingerprint density at radius 3 is 2.43 bits per heavy atom. The Kier molecular flexibility index (Phi) is 8.25. The van der Waals surface area contributed by atoms with Crippen LogP contribution in [0.3, 0.4) is 0 Å². The number of carbonyl (C=O) groups is 2. The predicted octanol–water partition coefficient (Wildman–Crippen LogP) is 5.36. The van der Waals surface area contributed by atoms with Crippen LogP contribution in [0.5, 0.6) is 17.2 Å². The van der Waals surface area contributed by atoms with Crippen LogP contribution < -0.4 is 19.5 Å². The van der Waals surface area contributed by atoms with Crippen LogP contribution in [0.2, 0.25) is 0 Å². The molecular formula is C28H29N3O6. The molecule has 0 unspecified atom stereocenters. The highest BCUT2D eigenvalue weighted by molar-refractivity contribution is 6.02. The van der Waals surface area contributed by atoms with Crippen molar-refractivity contribution in [3.05, 3.63) is 89.6 Å². The molecular weight excluding hydrogens is 474 g/mol. The number of benzene rings is 2. The van der Waals surface area contributed by atoms with E-state index in [1.807, 2.05) is 32.0 Å². The summed E-state index contributed by atoms with van der Waals surface area (Å²) < 4.78 is 24.3. The Hall–Kier alpha value is -4.53. The Labute approximate surface area is 215 Å². The Morgan fingerprint density at radius 1 is 0.946 bits per heavy atom. The largest absolute Gasteiger partial charge is 0.490 e. The number of furan rings is 1. The molecule has 1 N–H and O–H groups in total. The molecule has 0 atom stereocenters. The summed E-state index contributed by atoms with van der Waals surface area (Å²) in [4.78, 5) is 24.0. The van der Waals surface area contributed by atoms with Gasteiger partial charge in [0.15, 0.2) is 23.0 Å². The fourth-order valence-corrected chi connectivity index (χ4v) is 3.61. The quantitative estimate of drug-likeness (QED) is 0.260. The zero-order chi connectivity index (χ0) is 26.2. The second kappa shape index (κ2) is 11.9. The fourth-order valence-electron chi connectivity index (χ4n) is 3.61. The number of ether oxygens (including phenoxy) is 3. The summed E-state index contributed by atoms with van der Waals surface area (Å²) in [5, 5.41) is 7.13. The molecule has 2 heterocycles. The smallest absolute Gasteiger partial charge is 0.291 e. The first kappa shape index (κ1) is 25.6. The van der Waals surface area contributed by atoms with Crippen molar-refractivity contribution in [1.29, 1.82) is 0 Å². The van der Waals surface area contributed by atoms with E-state index in [9.17, 15) is 9.59 Å². The molecule has 192 valence electrons. The van der Waals surface area contributed by atoms with E-state index in [4.69, 9.17) is 18.6 Å². The first-order valence-electron chi connectivity index (χ1n) is 12.0. The van der Waals surface area contributed by atoms with Crippen molar-refractivity contribution in [1.82, 2.24) is 9.78 Å². The summed E-state index contributed by atoms with van der Waals surface area (Å²) in [7, 11) is 0. The topological polar surface area (TPSA) is 105 Å². The van der Waals surface area contributed by atoms with Gasteiger partial charge in [-0.05, 0) is 74.9 Å². The highest BCUT2D eigenvalue weighted by Crippen LogP contribution is 2.29. The van der Waals surface area contributed by atoms with E-state index in [1.165, 1.54) is 6.92 Å². The van der Waals surface area contributed by atoms with Gasteiger partial charge in [-0.1, -0.05) is 6.07 Å². The van der Waals surface area contributed by atoms with Crippen molar-refractivity contribution in [2.75, 3.05) is 18.5 Å². The van der Waals surface area contributed by atoms with E-state index in [0.29, 0.717) is 54.0 Å².